The van der Waals surface area contributed by atoms with Crippen molar-refractivity contribution >= 4 is 6.03 Å². The molecular weight excluding hydrogens is 264 g/mol. The Balaban J connectivity index is 1.46. The molecule has 1 aliphatic heterocycles. The molecule has 0 radical (unpaired) electrons. The fourth-order valence-electron chi connectivity index (χ4n) is 3.33. The van der Waals surface area contributed by atoms with Gasteiger partial charge in [0.05, 0.1) is 6.54 Å². The number of fused-ring (bicyclic) bond motifs is 1. The van der Waals surface area contributed by atoms with Crippen LogP contribution in [0.5, 0.6) is 5.75 Å². The molecular formula is C17H24N2O2. The number of carbonyl (C=O) groups excluding carboxylic acids is 1. The highest BCUT2D eigenvalue weighted by Crippen LogP contribution is 2.27. The molecule has 21 heavy (non-hydrogen) atoms. The minimum Gasteiger partial charge on any atom is -0.488 e. The number of ether oxygens (including phenoxy) is 1. The summed E-state index contributed by atoms with van der Waals surface area (Å²) >= 11 is 0. The number of hydrogen-bond acceptors (Lipinski definition) is 2. The van der Waals surface area contributed by atoms with E-state index in [0.717, 1.165) is 25.0 Å². The summed E-state index contributed by atoms with van der Waals surface area (Å²) in [6, 6.07) is 8.52. The van der Waals surface area contributed by atoms with E-state index in [9.17, 15) is 4.79 Å². The van der Waals surface area contributed by atoms with E-state index in [1.165, 1.54) is 24.8 Å². The highest BCUT2D eigenvalue weighted by Gasteiger charge is 2.25. The number of amides is 2. The second kappa shape index (κ2) is 6.37. The van der Waals surface area contributed by atoms with Crippen LogP contribution in [0.1, 0.15) is 37.7 Å². The summed E-state index contributed by atoms with van der Waals surface area (Å²) in [5, 5.41) is 3.02. The Bertz CT molecular complexity index is 472. The maximum Gasteiger partial charge on any atom is 0.317 e. The van der Waals surface area contributed by atoms with Crippen molar-refractivity contribution in [3.8, 4) is 5.75 Å². The van der Waals surface area contributed by atoms with Crippen molar-refractivity contribution in [1.82, 2.24) is 10.2 Å². The lowest BCUT2D eigenvalue weighted by atomic mass is 9.95. The average molecular weight is 288 g/mol. The second-order valence-corrected chi connectivity index (χ2v) is 6.14. The minimum absolute atomic E-state index is 0.0291. The Labute approximate surface area is 126 Å². The topological polar surface area (TPSA) is 41.6 Å². The van der Waals surface area contributed by atoms with Crippen molar-refractivity contribution in [3.63, 3.8) is 0 Å². The molecule has 1 fully saturated rings. The first kappa shape index (κ1) is 14.2. The maximum atomic E-state index is 12.2. The number of urea groups is 1. The second-order valence-electron chi connectivity index (χ2n) is 6.14. The van der Waals surface area contributed by atoms with Crippen LogP contribution in [0, 0.1) is 0 Å². The smallest absolute Gasteiger partial charge is 0.317 e. The molecule has 4 nitrogen and oxygen atoms in total. The molecule has 3 rings (SSSR count). The number of nitrogens with one attached hydrogen (secondary N) is 1. The van der Waals surface area contributed by atoms with Gasteiger partial charge < -0.3 is 15.0 Å². The first-order valence-electron chi connectivity index (χ1n) is 7.99. The average Bonchev–Trinajstić information content (AvgIpc) is 2.95. The lowest BCUT2D eigenvalue weighted by Crippen LogP contribution is -2.46. The molecule has 1 aromatic carbocycles. The molecule has 0 aromatic heterocycles. The Morgan fingerprint density at radius 3 is 2.81 bits per heavy atom. The Morgan fingerprint density at radius 1 is 1.29 bits per heavy atom. The van der Waals surface area contributed by atoms with Crippen LogP contribution in [0.4, 0.5) is 4.79 Å². The van der Waals surface area contributed by atoms with E-state index < -0.39 is 0 Å². The third-order valence-corrected chi connectivity index (χ3v) is 4.64. The summed E-state index contributed by atoms with van der Waals surface area (Å²) in [5.41, 5.74) is 1.23. The summed E-state index contributed by atoms with van der Waals surface area (Å²) in [6.45, 7) is 0.574. The van der Waals surface area contributed by atoms with Crippen LogP contribution in [0.15, 0.2) is 24.3 Å². The number of benzene rings is 1. The van der Waals surface area contributed by atoms with Crippen LogP contribution >= 0.6 is 0 Å². The van der Waals surface area contributed by atoms with Gasteiger partial charge in [-0.25, -0.2) is 4.79 Å². The van der Waals surface area contributed by atoms with Crippen LogP contribution in [-0.4, -0.2) is 36.7 Å². The van der Waals surface area contributed by atoms with Gasteiger partial charge in [-0.15, -0.1) is 0 Å². The van der Waals surface area contributed by atoms with E-state index in [0.29, 0.717) is 12.6 Å². The molecule has 2 aliphatic rings. The monoisotopic (exact) mass is 288 g/mol. The number of hydrogen-bond donors (Lipinski definition) is 1. The largest absolute Gasteiger partial charge is 0.488 e. The van der Waals surface area contributed by atoms with Crippen molar-refractivity contribution in [2.24, 2.45) is 0 Å². The molecule has 4 heteroatoms. The third-order valence-electron chi connectivity index (χ3n) is 4.64. The number of rotatable bonds is 3. The first-order chi connectivity index (χ1) is 10.2. The van der Waals surface area contributed by atoms with E-state index in [1.54, 1.807) is 0 Å². The van der Waals surface area contributed by atoms with Gasteiger partial charge in [0.25, 0.3) is 0 Å². The molecule has 1 aromatic rings. The first-order valence-corrected chi connectivity index (χ1v) is 7.99. The Kier molecular flexibility index (Phi) is 4.32. The van der Waals surface area contributed by atoms with Gasteiger partial charge in [-0.05, 0) is 24.5 Å². The summed E-state index contributed by atoms with van der Waals surface area (Å²) in [6.07, 6.45) is 6.99. The van der Waals surface area contributed by atoms with Crippen molar-refractivity contribution in [2.45, 2.75) is 50.7 Å². The SMILES string of the molecule is CN(C(=O)NCC1Cc2ccccc2O1)C1CCCCC1. The molecule has 1 heterocycles. The van der Waals surface area contributed by atoms with Crippen molar-refractivity contribution in [3.05, 3.63) is 29.8 Å². The van der Waals surface area contributed by atoms with Gasteiger partial charge in [0.15, 0.2) is 0 Å². The van der Waals surface area contributed by atoms with E-state index in [1.807, 2.05) is 30.1 Å². The fourth-order valence-corrected chi connectivity index (χ4v) is 3.33. The van der Waals surface area contributed by atoms with Gasteiger partial charge in [0.2, 0.25) is 0 Å². The standard InChI is InChI=1S/C17H24N2O2/c1-19(14-8-3-2-4-9-14)17(20)18-12-15-11-13-7-5-6-10-16(13)21-15/h5-7,10,14-15H,2-4,8-9,11-12H2,1H3,(H,18,20). The van der Waals surface area contributed by atoms with E-state index >= 15 is 0 Å². The summed E-state index contributed by atoms with van der Waals surface area (Å²) < 4.78 is 5.85. The van der Waals surface area contributed by atoms with Crippen molar-refractivity contribution in [1.29, 1.82) is 0 Å². The summed E-state index contributed by atoms with van der Waals surface area (Å²) in [4.78, 5) is 14.1. The highest BCUT2D eigenvalue weighted by molar-refractivity contribution is 5.74. The molecule has 114 valence electrons. The zero-order valence-electron chi connectivity index (χ0n) is 12.7. The lowest BCUT2D eigenvalue weighted by molar-refractivity contribution is 0.165. The third kappa shape index (κ3) is 3.31. The minimum atomic E-state index is 0.0291. The van der Waals surface area contributed by atoms with Crippen molar-refractivity contribution in [2.75, 3.05) is 13.6 Å². The van der Waals surface area contributed by atoms with Gasteiger partial charge in [0.1, 0.15) is 11.9 Å². The predicted molar refractivity (Wildman–Crippen MR) is 82.6 cm³/mol. The predicted octanol–water partition coefficient (Wildman–Crippen LogP) is 2.96. The van der Waals surface area contributed by atoms with Crippen LogP contribution in [-0.2, 0) is 6.42 Å². The highest BCUT2D eigenvalue weighted by atomic mass is 16.5. The molecule has 1 atom stereocenters. The molecule has 1 N–H and O–H groups in total. The number of carbonyl (C=O) groups is 1. The summed E-state index contributed by atoms with van der Waals surface area (Å²) in [7, 11) is 1.91. The van der Waals surface area contributed by atoms with E-state index in [2.05, 4.69) is 11.4 Å². The molecule has 0 spiro atoms. The van der Waals surface area contributed by atoms with E-state index in [-0.39, 0.29) is 12.1 Å². The fraction of sp³-hybridized carbons (Fsp3) is 0.588. The Morgan fingerprint density at radius 2 is 2.05 bits per heavy atom. The number of para-hydroxylation sites is 1. The molecule has 1 unspecified atom stereocenters. The van der Waals surface area contributed by atoms with Crippen molar-refractivity contribution < 1.29 is 9.53 Å². The quantitative estimate of drug-likeness (QED) is 0.929. The zero-order chi connectivity index (χ0) is 14.7. The molecule has 2 amide bonds. The Hall–Kier alpha value is -1.71. The lowest BCUT2D eigenvalue weighted by Gasteiger charge is -2.31. The molecule has 1 aliphatic carbocycles. The van der Waals surface area contributed by atoms with Crippen LogP contribution in [0.3, 0.4) is 0 Å². The van der Waals surface area contributed by atoms with Crippen LogP contribution < -0.4 is 10.1 Å². The molecule has 1 saturated carbocycles. The summed E-state index contributed by atoms with van der Waals surface area (Å²) in [5.74, 6) is 0.956. The number of nitrogens with zero attached hydrogens (tertiary/aromatic N) is 1. The van der Waals surface area contributed by atoms with Crippen LogP contribution in [0.2, 0.25) is 0 Å². The molecule has 0 bridgehead atoms. The van der Waals surface area contributed by atoms with Gasteiger partial charge in [-0.2, -0.15) is 0 Å². The van der Waals surface area contributed by atoms with Crippen LogP contribution in [0.25, 0.3) is 0 Å². The zero-order valence-corrected chi connectivity index (χ0v) is 12.7. The van der Waals surface area contributed by atoms with Gasteiger partial charge >= 0.3 is 6.03 Å². The normalized spacial score (nSPS) is 21.5. The van der Waals surface area contributed by atoms with Gasteiger partial charge in [0, 0.05) is 19.5 Å². The van der Waals surface area contributed by atoms with E-state index in [4.69, 9.17) is 4.74 Å². The maximum absolute atomic E-state index is 12.2. The van der Waals surface area contributed by atoms with Gasteiger partial charge in [-0.1, -0.05) is 37.5 Å². The molecule has 0 saturated heterocycles. The van der Waals surface area contributed by atoms with Gasteiger partial charge in [-0.3, -0.25) is 0 Å².